The summed E-state index contributed by atoms with van der Waals surface area (Å²) in [6.45, 7) is 5.96. The monoisotopic (exact) mass is 489 g/mol. The van der Waals surface area contributed by atoms with Crippen molar-refractivity contribution in [2.24, 2.45) is 0 Å². The molecule has 33 heavy (non-hydrogen) atoms. The number of aliphatic hydroxyl groups excluding tert-OH is 2. The van der Waals surface area contributed by atoms with Crippen molar-refractivity contribution in [1.82, 2.24) is 15.0 Å². The Morgan fingerprint density at radius 2 is 1.94 bits per heavy atom. The van der Waals surface area contributed by atoms with Crippen LogP contribution in [0.15, 0.2) is 17.1 Å². The van der Waals surface area contributed by atoms with E-state index in [-0.39, 0.29) is 36.3 Å². The second kappa shape index (κ2) is 9.10. The largest absolute Gasteiger partial charge is 0.388 e. The molecule has 0 aromatic heterocycles. The summed E-state index contributed by atoms with van der Waals surface area (Å²) in [7, 11) is -4.48. The summed E-state index contributed by atoms with van der Waals surface area (Å²) >= 11 is 0. The lowest BCUT2D eigenvalue weighted by Crippen LogP contribution is -2.40. The zero-order valence-corrected chi connectivity index (χ0v) is 19.6. The standard InChI is InChI=1S/C20H29FN3O8P/c1-5-19(3,32-33(29,30)20(4,28)6-2)8-12-14(25)15(26)16(31-12)10-7-11-17(24-18(10)27)23-13(21)9-22-11/h7,9,12,14-16,25-26,28H,5-6,8H2,1-4H3,(H,29,30)(H,23,24,27)/t12-,14?,15+,16+,19?,20?/m1/s1. The van der Waals surface area contributed by atoms with Crippen LogP contribution >= 0.6 is 7.60 Å². The quantitative estimate of drug-likeness (QED) is 0.341. The number of aromatic amines is 1. The molecule has 4 unspecified atom stereocenters. The first-order valence-corrected chi connectivity index (χ1v) is 12.1. The number of halogens is 1. The van der Waals surface area contributed by atoms with Gasteiger partial charge in [0.15, 0.2) is 11.2 Å². The van der Waals surface area contributed by atoms with Gasteiger partial charge < -0.3 is 34.5 Å². The number of hydrogen-bond donors (Lipinski definition) is 5. The summed E-state index contributed by atoms with van der Waals surface area (Å²) < 4.78 is 37.3. The van der Waals surface area contributed by atoms with Crippen LogP contribution in [0.3, 0.4) is 0 Å². The van der Waals surface area contributed by atoms with E-state index in [4.69, 9.17) is 9.26 Å². The minimum absolute atomic E-state index is 0.0273. The zero-order valence-electron chi connectivity index (χ0n) is 18.7. The maximum Gasteiger partial charge on any atom is 0.359 e. The number of nitrogens with zero attached hydrogens (tertiary/aromatic N) is 2. The molecule has 5 N–H and O–H groups in total. The Hall–Kier alpha value is -1.79. The number of fused-ring (bicyclic) bond motifs is 1. The molecule has 0 aromatic carbocycles. The molecule has 3 aliphatic heterocycles. The third-order valence-corrected chi connectivity index (χ3v) is 8.44. The summed E-state index contributed by atoms with van der Waals surface area (Å²) in [6, 6.07) is 1.29. The van der Waals surface area contributed by atoms with Crippen molar-refractivity contribution >= 4 is 7.60 Å². The first-order valence-electron chi connectivity index (χ1n) is 10.6. The SMILES string of the molecule is CCC(C)(C[C@H]1O[C@@H](c2cc3ncc(F)[nH]c-3nc2=O)[C@@H](O)C1O)OP(=O)(O)C(C)(O)CC. The molecule has 0 amide bonds. The van der Waals surface area contributed by atoms with Crippen molar-refractivity contribution in [3.63, 3.8) is 0 Å². The van der Waals surface area contributed by atoms with Gasteiger partial charge in [-0.1, -0.05) is 13.8 Å². The molecule has 11 nitrogen and oxygen atoms in total. The number of H-pyrrole nitrogens is 1. The predicted octanol–water partition coefficient (Wildman–Crippen LogP) is 1.45. The third kappa shape index (κ3) is 5.02. The highest BCUT2D eigenvalue weighted by atomic mass is 31.2. The fourth-order valence-corrected chi connectivity index (χ4v) is 5.01. The van der Waals surface area contributed by atoms with Crippen LogP contribution in [0.25, 0.3) is 11.5 Å². The molecule has 0 spiro atoms. The second-order valence-corrected chi connectivity index (χ2v) is 10.9. The highest BCUT2D eigenvalue weighted by Crippen LogP contribution is 2.59. The van der Waals surface area contributed by atoms with Crippen LogP contribution in [0.5, 0.6) is 0 Å². The van der Waals surface area contributed by atoms with Gasteiger partial charge in [-0.15, -0.1) is 0 Å². The molecule has 1 saturated heterocycles. The first-order chi connectivity index (χ1) is 15.2. The number of ether oxygens (including phenoxy) is 1. The Bertz CT molecular complexity index is 1080. The lowest BCUT2D eigenvalue weighted by atomic mass is 9.92. The molecule has 0 aliphatic carbocycles. The van der Waals surface area contributed by atoms with E-state index in [2.05, 4.69) is 15.0 Å². The molecule has 3 heterocycles. The summed E-state index contributed by atoms with van der Waals surface area (Å²) in [6.07, 6.45) is -4.30. The molecule has 0 bridgehead atoms. The van der Waals surface area contributed by atoms with Gasteiger partial charge in [0, 0.05) is 6.42 Å². The second-order valence-electron chi connectivity index (χ2n) is 8.75. The Labute approximate surface area is 189 Å². The third-order valence-electron chi connectivity index (χ3n) is 6.22. The molecule has 13 heteroatoms. The predicted molar refractivity (Wildman–Crippen MR) is 114 cm³/mol. The number of aromatic nitrogens is 3. The minimum atomic E-state index is -4.48. The van der Waals surface area contributed by atoms with Crippen LogP contribution in [0, 0.1) is 5.95 Å². The number of pyridine rings is 1. The Morgan fingerprint density at radius 1 is 1.27 bits per heavy atom. The Balaban J connectivity index is 1.86. The van der Waals surface area contributed by atoms with Gasteiger partial charge >= 0.3 is 7.60 Å². The van der Waals surface area contributed by atoms with Gasteiger partial charge in [0.25, 0.3) is 5.56 Å². The fraction of sp³-hybridized carbons (Fsp3) is 0.650. The fourth-order valence-electron chi connectivity index (χ4n) is 3.61. The van der Waals surface area contributed by atoms with Crippen molar-refractivity contribution in [3.05, 3.63) is 34.1 Å². The summed E-state index contributed by atoms with van der Waals surface area (Å²) in [5, 5.41) is 29.4. The van der Waals surface area contributed by atoms with Gasteiger partial charge in [0.2, 0.25) is 5.95 Å². The Morgan fingerprint density at radius 3 is 2.55 bits per heavy atom. The van der Waals surface area contributed by atoms with Crippen molar-refractivity contribution in [1.29, 1.82) is 0 Å². The molecule has 0 radical (unpaired) electrons. The van der Waals surface area contributed by atoms with Crippen LogP contribution in [-0.4, -0.2) is 64.4 Å². The van der Waals surface area contributed by atoms with Crippen LogP contribution in [0.1, 0.15) is 58.6 Å². The van der Waals surface area contributed by atoms with Crippen molar-refractivity contribution in [2.75, 3.05) is 0 Å². The molecule has 1 fully saturated rings. The lowest BCUT2D eigenvalue weighted by molar-refractivity contribution is -0.0532. The normalized spacial score (nSPS) is 28.9. The Kier molecular flexibility index (Phi) is 7.12. The summed E-state index contributed by atoms with van der Waals surface area (Å²) in [5.41, 5.74) is -2.02. The topological polar surface area (TPSA) is 175 Å². The number of nitrogens with one attached hydrogen (secondary N) is 1. The van der Waals surface area contributed by atoms with E-state index in [0.29, 0.717) is 0 Å². The smallest absolute Gasteiger partial charge is 0.359 e. The molecule has 3 aliphatic rings. The van der Waals surface area contributed by atoms with Crippen molar-refractivity contribution < 1.29 is 38.4 Å². The number of aliphatic hydroxyl groups is 3. The highest BCUT2D eigenvalue weighted by molar-refractivity contribution is 7.54. The van der Waals surface area contributed by atoms with E-state index < -0.39 is 54.5 Å². The van der Waals surface area contributed by atoms with Crippen LogP contribution in [0.4, 0.5) is 4.39 Å². The van der Waals surface area contributed by atoms with Gasteiger partial charge in [-0.05, 0) is 32.8 Å². The van der Waals surface area contributed by atoms with Crippen LogP contribution in [-0.2, 0) is 13.8 Å². The van der Waals surface area contributed by atoms with Crippen molar-refractivity contribution in [3.8, 4) is 11.5 Å². The molecule has 3 rings (SSSR count). The minimum Gasteiger partial charge on any atom is -0.388 e. The first kappa shape index (κ1) is 25.8. The van der Waals surface area contributed by atoms with E-state index in [1.807, 2.05) is 0 Å². The molecule has 184 valence electrons. The van der Waals surface area contributed by atoms with Gasteiger partial charge in [0.1, 0.15) is 24.0 Å². The average molecular weight is 489 g/mol. The maximum absolute atomic E-state index is 13.3. The molecular weight excluding hydrogens is 460 g/mol. The zero-order chi connectivity index (χ0) is 24.8. The average Bonchev–Trinajstić information content (AvgIpc) is 3.00. The molecular formula is C20H29FN3O8P. The van der Waals surface area contributed by atoms with Gasteiger partial charge in [-0.3, -0.25) is 9.36 Å². The van der Waals surface area contributed by atoms with Gasteiger partial charge in [-0.2, -0.15) is 9.37 Å². The number of hydrogen-bond acceptors (Lipinski definition) is 9. The van der Waals surface area contributed by atoms with Gasteiger partial charge in [-0.25, -0.2) is 4.98 Å². The highest BCUT2D eigenvalue weighted by Gasteiger charge is 2.51. The maximum atomic E-state index is 13.3. The van der Waals surface area contributed by atoms with E-state index in [9.17, 15) is 34.0 Å². The molecule has 0 saturated carbocycles. The summed E-state index contributed by atoms with van der Waals surface area (Å²) in [5.74, 6) is -0.862. The van der Waals surface area contributed by atoms with E-state index >= 15 is 0 Å². The van der Waals surface area contributed by atoms with E-state index in [1.165, 1.54) is 19.9 Å². The molecule has 7 atom stereocenters. The summed E-state index contributed by atoms with van der Waals surface area (Å²) in [4.78, 5) is 32.7. The lowest BCUT2D eigenvalue weighted by Gasteiger charge is -2.37. The van der Waals surface area contributed by atoms with Gasteiger partial charge in [0.05, 0.1) is 23.5 Å². The van der Waals surface area contributed by atoms with Crippen LogP contribution in [0.2, 0.25) is 0 Å². The molecule has 0 aromatic rings. The van der Waals surface area contributed by atoms with E-state index in [0.717, 1.165) is 6.20 Å². The number of rotatable bonds is 8. The van der Waals surface area contributed by atoms with Crippen molar-refractivity contribution in [2.45, 2.75) is 82.3 Å². The van der Waals surface area contributed by atoms with Crippen LogP contribution < -0.4 is 5.56 Å². The van der Waals surface area contributed by atoms with E-state index in [1.54, 1.807) is 13.8 Å².